The van der Waals surface area contributed by atoms with Crippen molar-refractivity contribution in [2.45, 2.75) is 19.3 Å². The third-order valence-corrected chi connectivity index (χ3v) is 5.23. The second-order valence-corrected chi connectivity index (χ2v) is 7.20. The number of hydrogen-bond donors (Lipinski definition) is 1. The molecule has 1 N–H and O–H groups in total. The summed E-state index contributed by atoms with van der Waals surface area (Å²) in [6.07, 6.45) is 4.74. The van der Waals surface area contributed by atoms with Crippen LogP contribution in [0.2, 0.25) is 5.02 Å². The topological polar surface area (TPSA) is 102 Å². The molecule has 1 aliphatic carbocycles. The minimum Gasteiger partial charge on any atom is -0.495 e. The molecule has 1 saturated heterocycles. The Balaban J connectivity index is 1.43. The SMILES string of the molecule is COc1ccc(NC(=O)COC(=O)CCN2C(=O)[C@@H]3CC=CC[C@H]3C2=O)cc1Cl. The van der Waals surface area contributed by atoms with Crippen LogP contribution in [-0.2, 0) is 23.9 Å². The van der Waals surface area contributed by atoms with Crippen LogP contribution in [0.5, 0.6) is 5.75 Å². The number of halogens is 1. The highest BCUT2D eigenvalue weighted by molar-refractivity contribution is 6.32. The number of esters is 1. The average molecular weight is 421 g/mol. The van der Waals surface area contributed by atoms with Crippen LogP contribution in [0.15, 0.2) is 30.4 Å². The molecule has 8 nitrogen and oxygen atoms in total. The number of imide groups is 1. The molecule has 3 rings (SSSR count). The molecule has 0 saturated carbocycles. The lowest BCUT2D eigenvalue weighted by molar-refractivity contribution is -0.148. The van der Waals surface area contributed by atoms with Crippen molar-refractivity contribution in [3.8, 4) is 5.75 Å². The summed E-state index contributed by atoms with van der Waals surface area (Å²) >= 11 is 5.99. The predicted octanol–water partition coefficient (Wildman–Crippen LogP) is 2.17. The van der Waals surface area contributed by atoms with Gasteiger partial charge in [0.2, 0.25) is 11.8 Å². The molecule has 2 aliphatic rings. The first-order valence-electron chi connectivity index (χ1n) is 9.20. The van der Waals surface area contributed by atoms with Gasteiger partial charge in [-0.25, -0.2) is 0 Å². The van der Waals surface area contributed by atoms with Crippen molar-refractivity contribution in [1.29, 1.82) is 0 Å². The summed E-state index contributed by atoms with van der Waals surface area (Å²) in [6.45, 7) is -0.529. The van der Waals surface area contributed by atoms with Gasteiger partial charge in [0.05, 0.1) is 30.4 Å². The molecule has 9 heteroatoms. The zero-order valence-electron chi connectivity index (χ0n) is 15.9. The van der Waals surface area contributed by atoms with E-state index >= 15 is 0 Å². The van der Waals surface area contributed by atoms with Crippen molar-refractivity contribution >= 4 is 41.0 Å². The minimum absolute atomic E-state index is 0.0425. The number of methoxy groups -OCH3 is 1. The van der Waals surface area contributed by atoms with Crippen LogP contribution >= 0.6 is 11.6 Å². The predicted molar refractivity (Wildman–Crippen MR) is 104 cm³/mol. The summed E-state index contributed by atoms with van der Waals surface area (Å²) in [6, 6.07) is 4.71. The summed E-state index contributed by atoms with van der Waals surface area (Å²) < 4.78 is 9.96. The maximum Gasteiger partial charge on any atom is 0.308 e. The number of likely N-dealkylation sites (tertiary alicyclic amines) is 1. The summed E-state index contributed by atoms with van der Waals surface area (Å²) in [5.41, 5.74) is 0.432. The van der Waals surface area contributed by atoms with Crippen LogP contribution in [0.1, 0.15) is 19.3 Å². The molecule has 0 spiro atoms. The van der Waals surface area contributed by atoms with E-state index in [-0.39, 0.29) is 36.6 Å². The lowest BCUT2D eigenvalue weighted by atomic mass is 9.85. The molecule has 0 radical (unpaired) electrons. The fraction of sp³-hybridized carbons (Fsp3) is 0.400. The third kappa shape index (κ3) is 4.76. The first-order valence-corrected chi connectivity index (χ1v) is 9.57. The molecule has 3 amide bonds. The zero-order valence-corrected chi connectivity index (χ0v) is 16.6. The summed E-state index contributed by atoms with van der Waals surface area (Å²) in [4.78, 5) is 49.7. The Bertz CT molecular complexity index is 843. The van der Waals surface area contributed by atoms with Gasteiger partial charge >= 0.3 is 5.97 Å². The normalized spacial score (nSPS) is 20.4. The first-order chi connectivity index (χ1) is 13.9. The average Bonchev–Trinajstić information content (AvgIpc) is 2.95. The van der Waals surface area contributed by atoms with Crippen LogP contribution in [0.4, 0.5) is 5.69 Å². The van der Waals surface area contributed by atoms with E-state index in [0.717, 1.165) is 4.90 Å². The number of benzene rings is 1. The van der Waals surface area contributed by atoms with Crippen LogP contribution in [0, 0.1) is 11.8 Å². The Labute approximate surface area is 172 Å². The van der Waals surface area contributed by atoms with E-state index in [2.05, 4.69) is 5.32 Å². The van der Waals surface area contributed by atoms with Gasteiger partial charge in [-0.3, -0.25) is 24.1 Å². The van der Waals surface area contributed by atoms with Gasteiger partial charge in [0.25, 0.3) is 5.91 Å². The van der Waals surface area contributed by atoms with Crippen LogP contribution in [-0.4, -0.2) is 48.9 Å². The van der Waals surface area contributed by atoms with Crippen LogP contribution < -0.4 is 10.1 Å². The quantitative estimate of drug-likeness (QED) is 0.412. The van der Waals surface area contributed by atoms with Crippen LogP contribution in [0.25, 0.3) is 0 Å². The molecule has 0 unspecified atom stereocenters. The highest BCUT2D eigenvalue weighted by Crippen LogP contribution is 2.35. The Morgan fingerprint density at radius 2 is 1.83 bits per heavy atom. The molecule has 0 aromatic heterocycles. The number of carbonyl (C=O) groups excluding carboxylic acids is 4. The highest BCUT2D eigenvalue weighted by atomic mass is 35.5. The fourth-order valence-electron chi connectivity index (χ4n) is 3.45. The first kappa shape index (κ1) is 20.9. The lowest BCUT2D eigenvalue weighted by Gasteiger charge is -2.14. The number of ether oxygens (including phenoxy) is 2. The van der Waals surface area contributed by atoms with Gasteiger partial charge in [-0.15, -0.1) is 0 Å². The maximum atomic E-state index is 12.3. The van der Waals surface area contributed by atoms with Gasteiger partial charge in [0.1, 0.15) is 5.75 Å². The van der Waals surface area contributed by atoms with E-state index in [0.29, 0.717) is 29.3 Å². The molecule has 154 valence electrons. The van der Waals surface area contributed by atoms with E-state index in [9.17, 15) is 19.2 Å². The van der Waals surface area contributed by atoms with E-state index in [1.165, 1.54) is 13.2 Å². The Morgan fingerprint density at radius 1 is 1.17 bits per heavy atom. The molecule has 1 aromatic rings. The van der Waals surface area contributed by atoms with Gasteiger partial charge in [0, 0.05) is 12.2 Å². The lowest BCUT2D eigenvalue weighted by Crippen LogP contribution is -2.33. The van der Waals surface area contributed by atoms with Gasteiger partial charge in [-0.05, 0) is 31.0 Å². The van der Waals surface area contributed by atoms with E-state index in [4.69, 9.17) is 21.1 Å². The molecule has 1 heterocycles. The number of allylic oxidation sites excluding steroid dienone is 2. The summed E-state index contributed by atoms with van der Waals surface area (Å²) in [7, 11) is 1.48. The van der Waals surface area contributed by atoms with Gasteiger partial charge in [-0.2, -0.15) is 0 Å². The molecule has 29 heavy (non-hydrogen) atoms. The van der Waals surface area contributed by atoms with Crippen molar-refractivity contribution in [2.75, 3.05) is 25.6 Å². The molecule has 0 bridgehead atoms. The minimum atomic E-state index is -0.665. The molecular formula is C20H21ClN2O6. The smallest absolute Gasteiger partial charge is 0.308 e. The number of amides is 3. The molecule has 1 aliphatic heterocycles. The van der Waals surface area contributed by atoms with Crippen molar-refractivity contribution in [1.82, 2.24) is 4.90 Å². The van der Waals surface area contributed by atoms with Gasteiger partial charge < -0.3 is 14.8 Å². The maximum absolute atomic E-state index is 12.3. The zero-order chi connectivity index (χ0) is 21.0. The number of nitrogens with zero attached hydrogens (tertiary/aromatic N) is 1. The number of hydrogen-bond acceptors (Lipinski definition) is 6. The van der Waals surface area contributed by atoms with Crippen molar-refractivity contribution in [2.24, 2.45) is 11.8 Å². The molecule has 2 atom stereocenters. The highest BCUT2D eigenvalue weighted by Gasteiger charge is 2.46. The summed E-state index contributed by atoms with van der Waals surface area (Å²) in [5, 5.41) is 2.88. The number of anilines is 1. The van der Waals surface area contributed by atoms with E-state index in [1.54, 1.807) is 12.1 Å². The second-order valence-electron chi connectivity index (χ2n) is 6.79. The van der Waals surface area contributed by atoms with Crippen molar-refractivity contribution in [3.05, 3.63) is 35.4 Å². The summed E-state index contributed by atoms with van der Waals surface area (Å²) in [5.74, 6) is -1.88. The Kier molecular flexibility index (Phi) is 6.53. The van der Waals surface area contributed by atoms with Crippen molar-refractivity contribution in [3.63, 3.8) is 0 Å². The second kappa shape index (κ2) is 9.09. The monoisotopic (exact) mass is 420 g/mol. The molecule has 1 fully saturated rings. The number of fused-ring (bicyclic) bond motifs is 1. The Morgan fingerprint density at radius 3 is 2.41 bits per heavy atom. The number of carbonyl (C=O) groups is 4. The Hall–Kier alpha value is -2.87. The van der Waals surface area contributed by atoms with E-state index in [1.807, 2.05) is 12.2 Å². The van der Waals surface area contributed by atoms with Gasteiger partial charge in [-0.1, -0.05) is 23.8 Å². The molecular weight excluding hydrogens is 400 g/mol. The third-order valence-electron chi connectivity index (χ3n) is 4.94. The standard InChI is InChI=1S/C20H21ClN2O6/c1-28-16-7-6-12(10-15(16)21)22-17(24)11-29-18(25)8-9-23-19(26)13-4-2-3-5-14(13)20(23)27/h2-3,6-7,10,13-14H,4-5,8-9,11H2,1H3,(H,22,24)/t13-,14-/m1/s1. The van der Waals surface area contributed by atoms with Crippen molar-refractivity contribution < 1.29 is 28.7 Å². The number of nitrogens with one attached hydrogen (secondary N) is 1. The molecule has 1 aromatic carbocycles. The van der Waals surface area contributed by atoms with Gasteiger partial charge in [0.15, 0.2) is 6.61 Å². The van der Waals surface area contributed by atoms with E-state index < -0.39 is 18.5 Å². The number of rotatable bonds is 7. The van der Waals surface area contributed by atoms with Crippen LogP contribution in [0.3, 0.4) is 0 Å². The largest absolute Gasteiger partial charge is 0.495 e. The fourth-order valence-corrected chi connectivity index (χ4v) is 3.71.